The van der Waals surface area contributed by atoms with Crippen LogP contribution in [0.5, 0.6) is 0 Å². The third-order valence-electron chi connectivity index (χ3n) is 5.64. The van der Waals surface area contributed by atoms with E-state index in [4.69, 9.17) is 11.6 Å². The van der Waals surface area contributed by atoms with Crippen molar-refractivity contribution in [3.05, 3.63) is 23.4 Å². The summed E-state index contributed by atoms with van der Waals surface area (Å²) in [7, 11) is 0. The summed E-state index contributed by atoms with van der Waals surface area (Å²) in [6.07, 6.45) is 5.53. The monoisotopic (exact) mass is 376 g/mol. The van der Waals surface area contributed by atoms with Gasteiger partial charge in [0.1, 0.15) is 5.82 Å². The molecule has 2 saturated heterocycles. The molecule has 26 heavy (non-hydrogen) atoms. The van der Waals surface area contributed by atoms with Crippen LogP contribution in [0.25, 0.3) is 0 Å². The predicted octanol–water partition coefficient (Wildman–Crippen LogP) is 2.03. The van der Waals surface area contributed by atoms with Crippen LogP contribution in [-0.4, -0.2) is 65.9 Å². The Hall–Kier alpha value is -1.82. The zero-order chi connectivity index (χ0) is 18.1. The number of rotatable bonds is 3. The molecule has 1 unspecified atom stereocenters. The molecule has 140 valence electrons. The van der Waals surface area contributed by atoms with Crippen molar-refractivity contribution in [2.24, 2.45) is 11.8 Å². The minimum absolute atomic E-state index is 0.0355. The SMILES string of the molecule is O=C(C1CCCN(C(=O)C2CC2)C1)N1CCN(c2ccc(Cl)cn2)CC1. The lowest BCUT2D eigenvalue weighted by Crippen LogP contribution is -2.53. The van der Waals surface area contributed by atoms with E-state index >= 15 is 0 Å². The summed E-state index contributed by atoms with van der Waals surface area (Å²) in [4.78, 5) is 35.7. The van der Waals surface area contributed by atoms with Crippen LogP contribution in [0.1, 0.15) is 25.7 Å². The fourth-order valence-electron chi connectivity index (χ4n) is 3.94. The molecule has 1 aromatic rings. The highest BCUT2D eigenvalue weighted by molar-refractivity contribution is 6.30. The van der Waals surface area contributed by atoms with Crippen molar-refractivity contribution in [1.29, 1.82) is 0 Å². The molecule has 3 aliphatic rings. The van der Waals surface area contributed by atoms with Crippen LogP contribution in [-0.2, 0) is 9.59 Å². The van der Waals surface area contributed by atoms with E-state index in [1.807, 2.05) is 21.9 Å². The number of hydrogen-bond donors (Lipinski definition) is 0. The summed E-state index contributed by atoms with van der Waals surface area (Å²) in [5, 5.41) is 0.630. The van der Waals surface area contributed by atoms with Gasteiger partial charge in [-0.05, 0) is 37.8 Å². The van der Waals surface area contributed by atoms with Gasteiger partial charge in [0.15, 0.2) is 0 Å². The molecule has 0 radical (unpaired) electrons. The topological polar surface area (TPSA) is 56.8 Å². The average molecular weight is 377 g/mol. The minimum Gasteiger partial charge on any atom is -0.353 e. The van der Waals surface area contributed by atoms with Crippen molar-refractivity contribution in [1.82, 2.24) is 14.8 Å². The van der Waals surface area contributed by atoms with Gasteiger partial charge in [0.25, 0.3) is 0 Å². The second-order valence-electron chi connectivity index (χ2n) is 7.54. The molecule has 1 atom stereocenters. The normalized spacial score (nSPS) is 23.9. The molecule has 1 aromatic heterocycles. The van der Waals surface area contributed by atoms with Gasteiger partial charge in [-0.1, -0.05) is 11.6 Å². The van der Waals surface area contributed by atoms with Crippen LogP contribution in [0.15, 0.2) is 18.3 Å². The number of anilines is 1. The number of piperazine rings is 1. The maximum Gasteiger partial charge on any atom is 0.227 e. The van der Waals surface area contributed by atoms with Crippen molar-refractivity contribution in [3.8, 4) is 0 Å². The molecule has 0 bridgehead atoms. The number of halogens is 1. The smallest absolute Gasteiger partial charge is 0.227 e. The van der Waals surface area contributed by atoms with Gasteiger partial charge in [0.2, 0.25) is 11.8 Å². The quantitative estimate of drug-likeness (QED) is 0.810. The third-order valence-corrected chi connectivity index (χ3v) is 5.86. The van der Waals surface area contributed by atoms with Crippen LogP contribution in [0.2, 0.25) is 5.02 Å². The first-order valence-electron chi connectivity index (χ1n) is 9.56. The summed E-state index contributed by atoms with van der Waals surface area (Å²) in [5.41, 5.74) is 0. The molecule has 6 nitrogen and oxygen atoms in total. The number of aromatic nitrogens is 1. The molecule has 0 aromatic carbocycles. The molecule has 0 spiro atoms. The van der Waals surface area contributed by atoms with Crippen LogP contribution < -0.4 is 4.90 Å². The lowest BCUT2D eigenvalue weighted by Gasteiger charge is -2.39. The molecule has 3 heterocycles. The Morgan fingerprint density at radius 2 is 1.65 bits per heavy atom. The van der Waals surface area contributed by atoms with Crippen LogP contribution in [0, 0.1) is 11.8 Å². The van der Waals surface area contributed by atoms with E-state index in [-0.39, 0.29) is 23.7 Å². The van der Waals surface area contributed by atoms with E-state index in [2.05, 4.69) is 9.88 Å². The fourth-order valence-corrected chi connectivity index (χ4v) is 4.05. The molecular formula is C19H25ClN4O2. The average Bonchev–Trinajstić information content (AvgIpc) is 3.53. The van der Waals surface area contributed by atoms with Gasteiger partial charge in [0, 0.05) is 51.4 Å². The fraction of sp³-hybridized carbons (Fsp3) is 0.632. The molecule has 2 amide bonds. The first-order chi connectivity index (χ1) is 12.6. The zero-order valence-corrected chi connectivity index (χ0v) is 15.7. The molecule has 0 N–H and O–H groups in total. The molecule has 3 fully saturated rings. The van der Waals surface area contributed by atoms with Crippen LogP contribution in [0.4, 0.5) is 5.82 Å². The molecular weight excluding hydrogens is 352 g/mol. The van der Waals surface area contributed by atoms with Crippen molar-refractivity contribution in [2.45, 2.75) is 25.7 Å². The Kier molecular flexibility index (Phi) is 5.02. The Morgan fingerprint density at radius 3 is 2.31 bits per heavy atom. The van der Waals surface area contributed by atoms with E-state index in [0.717, 1.165) is 51.1 Å². The number of carbonyl (C=O) groups is 2. The highest BCUT2D eigenvalue weighted by Crippen LogP contribution is 2.32. The van der Waals surface area contributed by atoms with E-state index < -0.39 is 0 Å². The number of likely N-dealkylation sites (tertiary alicyclic amines) is 1. The van der Waals surface area contributed by atoms with Crippen LogP contribution in [0.3, 0.4) is 0 Å². The Labute approximate surface area is 159 Å². The van der Waals surface area contributed by atoms with E-state index in [0.29, 0.717) is 24.7 Å². The standard InChI is InChI=1S/C19H25ClN4O2/c20-16-5-6-17(21-12-16)22-8-10-23(11-9-22)19(26)15-2-1-7-24(13-15)18(25)14-3-4-14/h5-6,12,14-15H,1-4,7-11,13H2. The van der Waals surface area contributed by atoms with E-state index in [9.17, 15) is 9.59 Å². The summed E-state index contributed by atoms with van der Waals surface area (Å²) in [6.45, 7) is 4.38. The number of nitrogens with zero attached hydrogens (tertiary/aromatic N) is 4. The third kappa shape index (κ3) is 3.80. The van der Waals surface area contributed by atoms with Gasteiger partial charge >= 0.3 is 0 Å². The molecule has 2 aliphatic heterocycles. The first-order valence-corrected chi connectivity index (χ1v) is 9.93. The number of carbonyl (C=O) groups excluding carboxylic acids is 2. The van der Waals surface area contributed by atoms with Gasteiger partial charge in [-0.25, -0.2) is 4.98 Å². The number of piperidine rings is 1. The maximum atomic E-state index is 12.9. The summed E-state index contributed by atoms with van der Waals surface area (Å²) >= 11 is 5.90. The second kappa shape index (κ2) is 7.43. The number of amides is 2. The number of pyridine rings is 1. The van der Waals surface area contributed by atoms with Crippen LogP contribution >= 0.6 is 11.6 Å². The highest BCUT2D eigenvalue weighted by atomic mass is 35.5. The van der Waals surface area contributed by atoms with Gasteiger partial charge < -0.3 is 14.7 Å². The Balaban J connectivity index is 1.31. The summed E-state index contributed by atoms with van der Waals surface area (Å²) in [6, 6.07) is 3.76. The predicted molar refractivity (Wildman–Crippen MR) is 100 cm³/mol. The first kappa shape index (κ1) is 17.6. The molecule has 7 heteroatoms. The van der Waals surface area contributed by atoms with Crippen molar-refractivity contribution in [3.63, 3.8) is 0 Å². The maximum absolute atomic E-state index is 12.9. The van der Waals surface area contributed by atoms with Gasteiger partial charge in [-0.2, -0.15) is 0 Å². The Morgan fingerprint density at radius 1 is 0.923 bits per heavy atom. The summed E-state index contributed by atoms with van der Waals surface area (Å²) in [5.74, 6) is 1.58. The lowest BCUT2D eigenvalue weighted by molar-refractivity contribution is -0.141. The molecule has 1 aliphatic carbocycles. The molecule has 4 rings (SSSR count). The largest absolute Gasteiger partial charge is 0.353 e. The van der Waals surface area contributed by atoms with E-state index in [1.165, 1.54) is 0 Å². The Bertz CT molecular complexity index is 669. The van der Waals surface area contributed by atoms with Crippen molar-refractivity contribution >= 4 is 29.2 Å². The molecule has 1 saturated carbocycles. The van der Waals surface area contributed by atoms with E-state index in [1.54, 1.807) is 6.20 Å². The summed E-state index contributed by atoms with van der Waals surface area (Å²) < 4.78 is 0. The lowest BCUT2D eigenvalue weighted by atomic mass is 9.95. The van der Waals surface area contributed by atoms with Gasteiger partial charge in [-0.3, -0.25) is 9.59 Å². The van der Waals surface area contributed by atoms with Crippen molar-refractivity contribution < 1.29 is 9.59 Å². The highest BCUT2D eigenvalue weighted by Gasteiger charge is 2.38. The van der Waals surface area contributed by atoms with Gasteiger partial charge in [-0.15, -0.1) is 0 Å². The minimum atomic E-state index is -0.0355. The van der Waals surface area contributed by atoms with Crippen molar-refractivity contribution in [2.75, 3.05) is 44.2 Å². The number of hydrogen-bond acceptors (Lipinski definition) is 4. The van der Waals surface area contributed by atoms with Gasteiger partial charge in [0.05, 0.1) is 10.9 Å². The second-order valence-corrected chi connectivity index (χ2v) is 7.98. The zero-order valence-electron chi connectivity index (χ0n) is 14.9.